The number of likely N-dealkylation sites (N-methyl/N-ethyl adjacent to an activating group) is 1. The molecule has 9 heteroatoms. The molecule has 0 spiro atoms. The SMILES string of the molecule is CCN1C(=O)[C@@H](CNc2ccc(CCN3CCCC3)cc2)SC1[C@H](N)C(=O)N[C@H](CO)C(C)C. The zero-order valence-corrected chi connectivity index (χ0v) is 21.5. The zero-order chi connectivity index (χ0) is 24.7. The van der Waals surface area contributed by atoms with Crippen LogP contribution in [0.2, 0.25) is 0 Å². The summed E-state index contributed by atoms with van der Waals surface area (Å²) in [7, 11) is 0. The van der Waals surface area contributed by atoms with Gasteiger partial charge >= 0.3 is 0 Å². The summed E-state index contributed by atoms with van der Waals surface area (Å²) < 4.78 is 0. The number of nitrogens with one attached hydrogen (secondary N) is 2. The zero-order valence-electron chi connectivity index (χ0n) is 20.7. The maximum atomic E-state index is 13.0. The Hall–Kier alpha value is -1.81. The van der Waals surface area contributed by atoms with E-state index in [1.807, 2.05) is 20.8 Å². The molecular weight excluding hydrogens is 450 g/mol. The van der Waals surface area contributed by atoms with Crippen molar-refractivity contribution >= 4 is 29.3 Å². The Labute approximate surface area is 208 Å². The van der Waals surface area contributed by atoms with Crippen molar-refractivity contribution in [3.05, 3.63) is 29.8 Å². The van der Waals surface area contributed by atoms with Gasteiger partial charge < -0.3 is 31.3 Å². The van der Waals surface area contributed by atoms with Crippen LogP contribution in [0.1, 0.15) is 39.2 Å². The minimum Gasteiger partial charge on any atom is -0.394 e. The maximum absolute atomic E-state index is 13.0. The highest BCUT2D eigenvalue weighted by Crippen LogP contribution is 2.33. The molecule has 0 radical (unpaired) electrons. The molecule has 34 heavy (non-hydrogen) atoms. The second kappa shape index (κ2) is 12.8. The largest absolute Gasteiger partial charge is 0.394 e. The lowest BCUT2D eigenvalue weighted by molar-refractivity contribution is -0.131. The third kappa shape index (κ3) is 6.87. The first-order valence-corrected chi connectivity index (χ1v) is 13.5. The molecule has 2 aliphatic heterocycles. The molecule has 0 aromatic heterocycles. The van der Waals surface area contributed by atoms with E-state index in [9.17, 15) is 14.7 Å². The molecule has 2 heterocycles. The highest BCUT2D eigenvalue weighted by Gasteiger charge is 2.44. The van der Waals surface area contributed by atoms with E-state index in [1.165, 1.54) is 43.3 Å². The van der Waals surface area contributed by atoms with Crippen molar-refractivity contribution in [3.63, 3.8) is 0 Å². The van der Waals surface area contributed by atoms with E-state index < -0.39 is 11.4 Å². The number of carbonyl (C=O) groups is 2. The Balaban J connectivity index is 1.52. The number of rotatable bonds is 12. The second-order valence-corrected chi connectivity index (χ2v) is 10.9. The summed E-state index contributed by atoms with van der Waals surface area (Å²) in [5, 5.41) is 15.0. The van der Waals surface area contributed by atoms with E-state index in [2.05, 4.69) is 39.8 Å². The fourth-order valence-corrected chi connectivity index (χ4v) is 5.95. The number of aliphatic hydroxyl groups excluding tert-OH is 1. The van der Waals surface area contributed by atoms with Crippen molar-refractivity contribution in [2.24, 2.45) is 11.7 Å². The van der Waals surface area contributed by atoms with Crippen LogP contribution in [0, 0.1) is 5.92 Å². The topological polar surface area (TPSA) is 111 Å². The lowest BCUT2D eigenvalue weighted by atomic mass is 10.0. The third-order valence-electron chi connectivity index (χ3n) is 6.81. The molecule has 8 nitrogen and oxygen atoms in total. The molecular formula is C25H41N5O3S. The lowest BCUT2D eigenvalue weighted by Gasteiger charge is -2.28. The van der Waals surface area contributed by atoms with Crippen LogP contribution in [0.5, 0.6) is 0 Å². The van der Waals surface area contributed by atoms with E-state index in [1.54, 1.807) is 4.90 Å². The predicted octanol–water partition coefficient (Wildman–Crippen LogP) is 1.49. The summed E-state index contributed by atoms with van der Waals surface area (Å²) in [5.41, 5.74) is 8.58. The number of nitrogens with two attached hydrogens (primary N) is 1. The first-order chi connectivity index (χ1) is 16.3. The number of benzene rings is 1. The number of thioether (sulfide) groups is 1. The van der Waals surface area contributed by atoms with Gasteiger partial charge in [-0.05, 0) is 62.9 Å². The van der Waals surface area contributed by atoms with Crippen LogP contribution in [-0.2, 0) is 16.0 Å². The summed E-state index contributed by atoms with van der Waals surface area (Å²) in [6, 6.07) is 7.22. The molecule has 2 fully saturated rings. The van der Waals surface area contributed by atoms with Crippen LogP contribution in [0.3, 0.4) is 0 Å². The fourth-order valence-electron chi connectivity index (χ4n) is 4.48. The van der Waals surface area contributed by atoms with E-state index >= 15 is 0 Å². The van der Waals surface area contributed by atoms with Crippen LogP contribution in [0.15, 0.2) is 24.3 Å². The molecule has 2 amide bonds. The average molecular weight is 492 g/mol. The van der Waals surface area contributed by atoms with Gasteiger partial charge in [0, 0.05) is 25.3 Å². The van der Waals surface area contributed by atoms with Crippen LogP contribution < -0.4 is 16.4 Å². The minimum absolute atomic E-state index is 0.00180. The molecule has 1 unspecified atom stereocenters. The van der Waals surface area contributed by atoms with Gasteiger partial charge in [-0.3, -0.25) is 9.59 Å². The van der Waals surface area contributed by atoms with E-state index in [-0.39, 0.29) is 35.6 Å². The normalized spacial score (nSPS) is 22.9. The van der Waals surface area contributed by atoms with Crippen molar-refractivity contribution in [1.29, 1.82) is 0 Å². The molecule has 190 valence electrons. The summed E-state index contributed by atoms with van der Waals surface area (Å²) in [6.45, 7) is 10.1. The Morgan fingerprint density at radius 3 is 2.50 bits per heavy atom. The van der Waals surface area contributed by atoms with Crippen LogP contribution in [0.4, 0.5) is 5.69 Å². The lowest BCUT2D eigenvalue weighted by Crippen LogP contribution is -2.55. The standard InChI is InChI=1S/C25H41N5O3S/c1-4-30-24(33)21(34-25(30)22(26)23(32)28-20(16-31)17(2)3)15-27-19-9-7-18(8-10-19)11-14-29-12-5-6-13-29/h7-10,17,20-22,25,27,31H,4-6,11-16,26H2,1-3H3,(H,28,32)/t20-,21-,22-,25?/m1/s1. The van der Waals surface area contributed by atoms with E-state index in [0.29, 0.717) is 13.1 Å². The molecule has 0 bridgehead atoms. The van der Waals surface area contributed by atoms with Crippen LogP contribution >= 0.6 is 11.8 Å². The molecule has 2 aliphatic rings. The minimum atomic E-state index is -0.860. The quantitative estimate of drug-likeness (QED) is 0.351. The van der Waals surface area contributed by atoms with Gasteiger partial charge in [0.1, 0.15) is 16.7 Å². The van der Waals surface area contributed by atoms with E-state index in [0.717, 1.165) is 18.7 Å². The number of amides is 2. The molecule has 3 rings (SSSR count). The fraction of sp³-hybridized carbons (Fsp3) is 0.680. The Kier molecular flexibility index (Phi) is 10.1. The van der Waals surface area contributed by atoms with Gasteiger partial charge in [0.05, 0.1) is 12.6 Å². The Morgan fingerprint density at radius 2 is 1.91 bits per heavy atom. The summed E-state index contributed by atoms with van der Waals surface area (Å²) in [5.74, 6) is -0.252. The molecule has 0 saturated carbocycles. The van der Waals surface area contributed by atoms with Gasteiger partial charge in [-0.2, -0.15) is 0 Å². The van der Waals surface area contributed by atoms with E-state index in [4.69, 9.17) is 5.73 Å². The Bertz CT molecular complexity index is 800. The van der Waals surface area contributed by atoms with Crippen molar-refractivity contribution in [1.82, 2.24) is 15.1 Å². The third-order valence-corrected chi connectivity index (χ3v) is 8.33. The maximum Gasteiger partial charge on any atom is 0.240 e. The number of anilines is 1. The van der Waals surface area contributed by atoms with Crippen molar-refractivity contribution in [2.45, 2.75) is 62.7 Å². The second-order valence-electron chi connectivity index (χ2n) is 9.58. The van der Waals surface area contributed by atoms with Crippen LogP contribution in [0.25, 0.3) is 0 Å². The predicted molar refractivity (Wildman–Crippen MR) is 139 cm³/mol. The van der Waals surface area contributed by atoms with Gasteiger partial charge in [0.2, 0.25) is 11.8 Å². The van der Waals surface area contributed by atoms with Crippen molar-refractivity contribution < 1.29 is 14.7 Å². The molecule has 0 aliphatic carbocycles. The number of likely N-dealkylation sites (tertiary alicyclic amines) is 1. The van der Waals surface area contributed by atoms with Crippen LogP contribution in [-0.4, -0.2) is 88.8 Å². The first-order valence-electron chi connectivity index (χ1n) is 12.5. The summed E-state index contributed by atoms with van der Waals surface area (Å²) >= 11 is 1.44. The summed E-state index contributed by atoms with van der Waals surface area (Å²) in [6.07, 6.45) is 3.68. The number of hydrogen-bond acceptors (Lipinski definition) is 7. The molecule has 5 N–H and O–H groups in total. The van der Waals surface area contributed by atoms with Crippen molar-refractivity contribution in [2.75, 3.05) is 44.6 Å². The van der Waals surface area contributed by atoms with Gasteiger partial charge in [0.15, 0.2) is 0 Å². The molecule has 4 atom stereocenters. The number of hydrogen-bond donors (Lipinski definition) is 4. The van der Waals surface area contributed by atoms with Crippen molar-refractivity contribution in [3.8, 4) is 0 Å². The first kappa shape index (κ1) is 26.8. The number of aliphatic hydroxyl groups is 1. The molecule has 1 aromatic carbocycles. The Morgan fingerprint density at radius 1 is 1.24 bits per heavy atom. The average Bonchev–Trinajstić information content (AvgIpc) is 3.47. The van der Waals surface area contributed by atoms with Gasteiger partial charge in [-0.1, -0.05) is 26.0 Å². The highest BCUT2D eigenvalue weighted by atomic mass is 32.2. The van der Waals surface area contributed by atoms with Gasteiger partial charge in [-0.25, -0.2) is 0 Å². The molecule has 2 saturated heterocycles. The number of nitrogens with zero attached hydrogens (tertiary/aromatic N) is 2. The van der Waals surface area contributed by atoms with Gasteiger partial charge in [-0.15, -0.1) is 11.8 Å². The smallest absolute Gasteiger partial charge is 0.240 e. The summed E-state index contributed by atoms with van der Waals surface area (Å²) in [4.78, 5) is 29.9. The highest BCUT2D eigenvalue weighted by molar-refractivity contribution is 8.01. The number of carbonyl (C=O) groups excluding carboxylic acids is 2. The monoisotopic (exact) mass is 491 g/mol. The molecule has 1 aromatic rings. The van der Waals surface area contributed by atoms with Gasteiger partial charge in [0.25, 0.3) is 0 Å².